The van der Waals surface area contributed by atoms with Gasteiger partial charge in [0, 0.05) is 24.8 Å². The summed E-state index contributed by atoms with van der Waals surface area (Å²) < 4.78 is 5.40. The van der Waals surface area contributed by atoms with Crippen molar-refractivity contribution in [1.82, 2.24) is 10.3 Å². The Labute approximate surface area is 118 Å². The molecule has 20 heavy (non-hydrogen) atoms. The van der Waals surface area contributed by atoms with E-state index in [2.05, 4.69) is 10.3 Å². The highest BCUT2D eigenvalue weighted by atomic mass is 16.5. The van der Waals surface area contributed by atoms with E-state index in [0.29, 0.717) is 31.9 Å². The predicted molar refractivity (Wildman–Crippen MR) is 75.0 cm³/mol. The number of carbonyl (C=O) groups excluding carboxylic acids is 2. The third kappa shape index (κ3) is 2.96. The Bertz CT molecular complexity index is 504. The summed E-state index contributed by atoms with van der Waals surface area (Å²) in [6.45, 7) is 5.87. The van der Waals surface area contributed by atoms with E-state index in [1.54, 1.807) is 6.07 Å². The second-order valence-corrected chi connectivity index (χ2v) is 4.71. The molecule has 6 heteroatoms. The van der Waals surface area contributed by atoms with E-state index in [4.69, 9.17) is 4.74 Å². The van der Waals surface area contributed by atoms with Gasteiger partial charge in [-0.05, 0) is 25.5 Å². The van der Waals surface area contributed by atoms with Gasteiger partial charge in [-0.25, -0.2) is 4.98 Å². The average Bonchev–Trinajstić information content (AvgIpc) is 2.47. The Morgan fingerprint density at radius 1 is 1.65 bits per heavy atom. The third-order valence-electron chi connectivity index (χ3n) is 3.26. The number of hydrogen-bond donors (Lipinski definition) is 1. The number of aryl methyl sites for hydroxylation is 1. The number of carbonyl (C=O) groups is 2. The highest BCUT2D eigenvalue weighted by molar-refractivity contribution is 5.85. The van der Waals surface area contributed by atoms with Crippen LogP contribution in [0.4, 0.5) is 5.82 Å². The second kappa shape index (κ2) is 6.47. The predicted octanol–water partition coefficient (Wildman–Crippen LogP) is 0.544. The van der Waals surface area contributed by atoms with Crippen LogP contribution in [0.1, 0.15) is 22.8 Å². The van der Waals surface area contributed by atoms with Crippen LogP contribution in [0.25, 0.3) is 0 Å². The van der Waals surface area contributed by atoms with E-state index in [9.17, 15) is 9.59 Å². The Hall–Kier alpha value is -1.95. The Morgan fingerprint density at radius 2 is 2.45 bits per heavy atom. The van der Waals surface area contributed by atoms with E-state index in [0.717, 1.165) is 17.7 Å². The summed E-state index contributed by atoms with van der Waals surface area (Å²) in [6.07, 6.45) is 2.30. The highest BCUT2D eigenvalue weighted by Crippen LogP contribution is 2.22. The standard InChI is InChI=1S/C14H19N3O3/c1-3-15-14(19)12-9-20-5-4-17(12)13-10(2)6-11(8-18)7-16-13/h6-8,12H,3-5,9H2,1-2H3,(H,15,19). The lowest BCUT2D eigenvalue weighted by molar-refractivity contribution is -0.124. The number of pyridine rings is 1. The van der Waals surface area contributed by atoms with Gasteiger partial charge in [0.15, 0.2) is 6.29 Å². The molecule has 1 amide bonds. The normalized spacial score (nSPS) is 18.7. The molecule has 1 unspecified atom stereocenters. The molecule has 1 atom stereocenters. The molecule has 0 spiro atoms. The number of hydrogen-bond acceptors (Lipinski definition) is 5. The van der Waals surface area contributed by atoms with Crippen molar-refractivity contribution < 1.29 is 14.3 Å². The summed E-state index contributed by atoms with van der Waals surface area (Å²) in [5.74, 6) is 0.669. The maximum Gasteiger partial charge on any atom is 0.245 e. The number of nitrogens with one attached hydrogen (secondary N) is 1. The fourth-order valence-corrected chi connectivity index (χ4v) is 2.32. The molecule has 0 radical (unpaired) electrons. The third-order valence-corrected chi connectivity index (χ3v) is 3.26. The number of nitrogens with zero attached hydrogens (tertiary/aromatic N) is 2. The van der Waals surface area contributed by atoms with Crippen molar-refractivity contribution in [1.29, 1.82) is 0 Å². The van der Waals surface area contributed by atoms with E-state index in [1.165, 1.54) is 6.20 Å². The van der Waals surface area contributed by atoms with Crippen molar-refractivity contribution in [2.75, 3.05) is 31.2 Å². The molecule has 1 aliphatic rings. The molecule has 1 aromatic rings. The lowest BCUT2D eigenvalue weighted by Crippen LogP contribution is -2.54. The summed E-state index contributed by atoms with van der Waals surface area (Å²) in [5, 5.41) is 2.81. The maximum absolute atomic E-state index is 12.1. The molecule has 0 saturated carbocycles. The van der Waals surface area contributed by atoms with Gasteiger partial charge in [0.25, 0.3) is 0 Å². The number of anilines is 1. The first-order chi connectivity index (χ1) is 9.67. The number of rotatable bonds is 4. The molecular formula is C14H19N3O3. The van der Waals surface area contributed by atoms with Crippen LogP contribution in [0.15, 0.2) is 12.3 Å². The minimum atomic E-state index is -0.378. The molecule has 1 saturated heterocycles. The molecule has 2 rings (SSSR count). The summed E-state index contributed by atoms with van der Waals surface area (Å²) in [4.78, 5) is 29.1. The zero-order chi connectivity index (χ0) is 14.5. The van der Waals surface area contributed by atoms with Gasteiger partial charge >= 0.3 is 0 Å². The molecule has 6 nitrogen and oxygen atoms in total. The molecule has 1 N–H and O–H groups in total. The van der Waals surface area contributed by atoms with Gasteiger partial charge in [0.05, 0.1) is 13.2 Å². The first-order valence-corrected chi connectivity index (χ1v) is 6.71. The second-order valence-electron chi connectivity index (χ2n) is 4.71. The zero-order valence-corrected chi connectivity index (χ0v) is 11.8. The minimum Gasteiger partial charge on any atom is -0.377 e. The fourth-order valence-electron chi connectivity index (χ4n) is 2.32. The van der Waals surface area contributed by atoms with Crippen molar-refractivity contribution >= 4 is 18.0 Å². The largest absolute Gasteiger partial charge is 0.377 e. The van der Waals surface area contributed by atoms with Crippen LogP contribution >= 0.6 is 0 Å². The summed E-state index contributed by atoms with van der Waals surface area (Å²) in [6, 6.07) is 1.40. The van der Waals surface area contributed by atoms with Gasteiger partial charge in [-0.2, -0.15) is 0 Å². The van der Waals surface area contributed by atoms with Crippen LogP contribution < -0.4 is 10.2 Å². The molecule has 108 valence electrons. The Morgan fingerprint density at radius 3 is 3.10 bits per heavy atom. The topological polar surface area (TPSA) is 71.5 Å². The number of amides is 1. The lowest BCUT2D eigenvalue weighted by Gasteiger charge is -2.36. The molecule has 1 fully saturated rings. The van der Waals surface area contributed by atoms with Crippen LogP contribution in [0, 0.1) is 6.92 Å². The van der Waals surface area contributed by atoms with E-state index in [1.807, 2.05) is 18.7 Å². The van der Waals surface area contributed by atoms with Gasteiger partial charge in [-0.1, -0.05) is 0 Å². The SMILES string of the molecule is CCNC(=O)C1COCCN1c1ncc(C=O)cc1C. The number of ether oxygens (including phenoxy) is 1. The summed E-state index contributed by atoms with van der Waals surface area (Å²) >= 11 is 0. The minimum absolute atomic E-state index is 0.0622. The monoisotopic (exact) mass is 277 g/mol. The fraction of sp³-hybridized carbons (Fsp3) is 0.500. The maximum atomic E-state index is 12.1. The van der Waals surface area contributed by atoms with Crippen molar-refractivity contribution in [2.24, 2.45) is 0 Å². The molecule has 0 bridgehead atoms. The Balaban J connectivity index is 2.27. The van der Waals surface area contributed by atoms with Crippen molar-refractivity contribution in [3.05, 3.63) is 23.4 Å². The molecule has 1 aliphatic heterocycles. The number of aromatic nitrogens is 1. The number of likely N-dealkylation sites (N-methyl/N-ethyl adjacent to an activating group) is 1. The molecule has 0 aromatic carbocycles. The van der Waals surface area contributed by atoms with Gasteiger partial charge in [0.1, 0.15) is 11.9 Å². The van der Waals surface area contributed by atoms with Gasteiger partial charge in [0.2, 0.25) is 5.91 Å². The van der Waals surface area contributed by atoms with Crippen LogP contribution in [0.5, 0.6) is 0 Å². The summed E-state index contributed by atoms with van der Waals surface area (Å²) in [7, 11) is 0. The van der Waals surface area contributed by atoms with Crippen molar-refractivity contribution in [3.8, 4) is 0 Å². The van der Waals surface area contributed by atoms with Crippen LogP contribution in [-0.4, -0.2) is 49.5 Å². The first kappa shape index (κ1) is 14.5. The molecular weight excluding hydrogens is 258 g/mol. The smallest absolute Gasteiger partial charge is 0.245 e. The van der Waals surface area contributed by atoms with Gasteiger partial charge in [-0.15, -0.1) is 0 Å². The van der Waals surface area contributed by atoms with Crippen LogP contribution in [0.3, 0.4) is 0 Å². The van der Waals surface area contributed by atoms with Crippen molar-refractivity contribution in [2.45, 2.75) is 19.9 Å². The Kier molecular flexibility index (Phi) is 4.68. The number of morpholine rings is 1. The lowest BCUT2D eigenvalue weighted by atomic mass is 10.1. The molecule has 0 aliphatic carbocycles. The average molecular weight is 277 g/mol. The molecule has 1 aromatic heterocycles. The van der Waals surface area contributed by atoms with E-state index < -0.39 is 0 Å². The number of aldehydes is 1. The summed E-state index contributed by atoms with van der Waals surface area (Å²) in [5.41, 5.74) is 1.42. The van der Waals surface area contributed by atoms with Crippen LogP contribution in [-0.2, 0) is 9.53 Å². The quantitative estimate of drug-likeness (QED) is 0.814. The molecule has 2 heterocycles. The zero-order valence-electron chi connectivity index (χ0n) is 11.8. The van der Waals surface area contributed by atoms with E-state index >= 15 is 0 Å². The first-order valence-electron chi connectivity index (χ1n) is 6.71. The van der Waals surface area contributed by atoms with E-state index in [-0.39, 0.29) is 11.9 Å². The van der Waals surface area contributed by atoms with Gasteiger partial charge in [-0.3, -0.25) is 9.59 Å². The van der Waals surface area contributed by atoms with Gasteiger partial charge < -0.3 is 15.0 Å². The van der Waals surface area contributed by atoms with Crippen molar-refractivity contribution in [3.63, 3.8) is 0 Å². The van der Waals surface area contributed by atoms with Crippen LogP contribution in [0.2, 0.25) is 0 Å². The highest BCUT2D eigenvalue weighted by Gasteiger charge is 2.30.